The zero-order valence-electron chi connectivity index (χ0n) is 16.6. The maximum atomic E-state index is 12.2. The highest BCUT2D eigenvalue weighted by atomic mass is 16.2. The number of amides is 3. The summed E-state index contributed by atoms with van der Waals surface area (Å²) in [6, 6.07) is 13.6. The molecule has 0 bridgehead atoms. The largest absolute Gasteiger partial charge is 0.376 e. The molecule has 4 N–H and O–H groups in total. The standard InChI is InChI=1S/C21H26N4O3/c1-21(2,3)25-20(28)15-6-5-7-17(12-15)23-13-18(26)24-16-10-8-14(9-11-16)19(27)22-4/h5-12,23H,13H2,1-4H3,(H,22,27)(H,24,26)(H,25,28). The number of carbonyl (C=O) groups is 3. The highest BCUT2D eigenvalue weighted by Crippen LogP contribution is 2.13. The lowest BCUT2D eigenvalue weighted by Crippen LogP contribution is -2.40. The topological polar surface area (TPSA) is 99.3 Å². The van der Waals surface area contributed by atoms with Gasteiger partial charge < -0.3 is 21.3 Å². The molecule has 2 rings (SSSR count). The third kappa shape index (κ3) is 6.42. The summed E-state index contributed by atoms with van der Waals surface area (Å²) in [6.45, 7) is 5.79. The summed E-state index contributed by atoms with van der Waals surface area (Å²) in [6.07, 6.45) is 0. The lowest BCUT2D eigenvalue weighted by Gasteiger charge is -2.20. The van der Waals surface area contributed by atoms with Gasteiger partial charge in [0.05, 0.1) is 6.54 Å². The molecule has 3 amide bonds. The van der Waals surface area contributed by atoms with Gasteiger partial charge in [0.2, 0.25) is 5.91 Å². The second-order valence-electron chi connectivity index (χ2n) is 7.34. The number of hydrogen-bond acceptors (Lipinski definition) is 4. The fourth-order valence-corrected chi connectivity index (χ4v) is 2.42. The van der Waals surface area contributed by atoms with Gasteiger partial charge in [0.1, 0.15) is 0 Å². The summed E-state index contributed by atoms with van der Waals surface area (Å²) in [5, 5.41) is 11.2. The van der Waals surface area contributed by atoms with E-state index in [1.54, 1.807) is 55.6 Å². The molecule has 0 saturated heterocycles. The van der Waals surface area contributed by atoms with Gasteiger partial charge in [0.25, 0.3) is 11.8 Å². The molecule has 0 aliphatic rings. The first-order valence-corrected chi connectivity index (χ1v) is 8.96. The van der Waals surface area contributed by atoms with E-state index in [9.17, 15) is 14.4 Å². The van der Waals surface area contributed by atoms with Crippen LogP contribution in [0.15, 0.2) is 48.5 Å². The van der Waals surface area contributed by atoms with Crippen LogP contribution in [-0.4, -0.2) is 36.9 Å². The predicted molar refractivity (Wildman–Crippen MR) is 111 cm³/mol. The summed E-state index contributed by atoms with van der Waals surface area (Å²) >= 11 is 0. The molecule has 148 valence electrons. The minimum Gasteiger partial charge on any atom is -0.376 e. The van der Waals surface area contributed by atoms with E-state index in [0.717, 1.165) is 0 Å². The molecule has 7 heteroatoms. The molecular formula is C21H26N4O3. The number of hydrogen-bond donors (Lipinski definition) is 4. The number of rotatable bonds is 6. The zero-order chi connectivity index (χ0) is 20.7. The van der Waals surface area contributed by atoms with Gasteiger partial charge in [-0.15, -0.1) is 0 Å². The van der Waals surface area contributed by atoms with E-state index >= 15 is 0 Å². The van der Waals surface area contributed by atoms with Crippen LogP contribution >= 0.6 is 0 Å². The number of benzene rings is 2. The molecule has 0 atom stereocenters. The number of carbonyl (C=O) groups excluding carboxylic acids is 3. The van der Waals surface area contributed by atoms with Crippen LogP contribution in [0, 0.1) is 0 Å². The second-order valence-corrected chi connectivity index (χ2v) is 7.34. The quantitative estimate of drug-likeness (QED) is 0.617. The Morgan fingerprint density at radius 3 is 2.14 bits per heavy atom. The Morgan fingerprint density at radius 2 is 1.54 bits per heavy atom. The molecular weight excluding hydrogens is 356 g/mol. The van der Waals surface area contributed by atoms with Crippen LogP contribution in [-0.2, 0) is 4.79 Å². The monoisotopic (exact) mass is 382 g/mol. The molecule has 2 aromatic carbocycles. The van der Waals surface area contributed by atoms with Gasteiger partial charge in [-0.1, -0.05) is 6.07 Å². The lowest BCUT2D eigenvalue weighted by molar-refractivity contribution is -0.114. The lowest BCUT2D eigenvalue weighted by atomic mass is 10.1. The third-order valence-electron chi connectivity index (χ3n) is 3.72. The van der Waals surface area contributed by atoms with E-state index in [0.29, 0.717) is 22.5 Å². The van der Waals surface area contributed by atoms with Crippen LogP contribution in [0.4, 0.5) is 11.4 Å². The van der Waals surface area contributed by atoms with Crippen molar-refractivity contribution in [2.75, 3.05) is 24.2 Å². The molecule has 0 aromatic heterocycles. The highest BCUT2D eigenvalue weighted by Gasteiger charge is 2.15. The van der Waals surface area contributed by atoms with E-state index in [-0.39, 0.29) is 29.8 Å². The summed E-state index contributed by atoms with van der Waals surface area (Å²) in [5.41, 5.74) is 1.98. The van der Waals surface area contributed by atoms with Crippen molar-refractivity contribution in [1.82, 2.24) is 10.6 Å². The third-order valence-corrected chi connectivity index (χ3v) is 3.72. The summed E-state index contributed by atoms with van der Waals surface area (Å²) in [5.74, 6) is -0.594. The van der Waals surface area contributed by atoms with Crippen molar-refractivity contribution in [2.45, 2.75) is 26.3 Å². The molecule has 0 heterocycles. The Kier molecular flexibility index (Phi) is 6.76. The van der Waals surface area contributed by atoms with Crippen molar-refractivity contribution in [3.8, 4) is 0 Å². The van der Waals surface area contributed by atoms with Crippen LogP contribution in [0.2, 0.25) is 0 Å². The van der Waals surface area contributed by atoms with E-state index in [2.05, 4.69) is 21.3 Å². The molecule has 0 radical (unpaired) electrons. The Balaban J connectivity index is 1.91. The maximum Gasteiger partial charge on any atom is 0.251 e. The van der Waals surface area contributed by atoms with Gasteiger partial charge in [-0.3, -0.25) is 14.4 Å². The Bertz CT molecular complexity index is 855. The molecule has 0 aliphatic heterocycles. The van der Waals surface area contributed by atoms with Gasteiger partial charge in [-0.05, 0) is 63.2 Å². The smallest absolute Gasteiger partial charge is 0.251 e. The van der Waals surface area contributed by atoms with E-state index in [4.69, 9.17) is 0 Å². The van der Waals surface area contributed by atoms with Crippen LogP contribution in [0.25, 0.3) is 0 Å². The minimum atomic E-state index is -0.326. The molecule has 7 nitrogen and oxygen atoms in total. The second kappa shape index (κ2) is 9.03. The Hall–Kier alpha value is -3.35. The molecule has 0 unspecified atom stereocenters. The van der Waals surface area contributed by atoms with Crippen molar-refractivity contribution in [3.05, 3.63) is 59.7 Å². The predicted octanol–water partition coefficient (Wildman–Crippen LogP) is 2.63. The van der Waals surface area contributed by atoms with Gasteiger partial charge in [0.15, 0.2) is 0 Å². The maximum absolute atomic E-state index is 12.2. The molecule has 28 heavy (non-hydrogen) atoms. The van der Waals surface area contributed by atoms with E-state index < -0.39 is 0 Å². The normalized spacial score (nSPS) is 10.7. The number of anilines is 2. The molecule has 0 fully saturated rings. The molecule has 0 saturated carbocycles. The van der Waals surface area contributed by atoms with Gasteiger partial charge >= 0.3 is 0 Å². The SMILES string of the molecule is CNC(=O)c1ccc(NC(=O)CNc2cccc(C(=O)NC(C)(C)C)c2)cc1. The van der Waals surface area contributed by atoms with Crippen LogP contribution in [0.5, 0.6) is 0 Å². The molecule has 0 spiro atoms. The Labute approximate surface area is 164 Å². The first kappa shape index (κ1) is 21.0. The fourth-order valence-electron chi connectivity index (χ4n) is 2.42. The first-order valence-electron chi connectivity index (χ1n) is 8.96. The highest BCUT2D eigenvalue weighted by molar-refractivity contribution is 5.97. The van der Waals surface area contributed by atoms with Crippen molar-refractivity contribution < 1.29 is 14.4 Å². The van der Waals surface area contributed by atoms with Crippen molar-refractivity contribution >= 4 is 29.1 Å². The zero-order valence-corrected chi connectivity index (χ0v) is 16.6. The molecule has 2 aromatic rings. The van der Waals surface area contributed by atoms with Gasteiger partial charge in [-0.2, -0.15) is 0 Å². The Morgan fingerprint density at radius 1 is 0.857 bits per heavy atom. The average molecular weight is 382 g/mol. The van der Waals surface area contributed by atoms with Crippen LogP contribution in [0.3, 0.4) is 0 Å². The van der Waals surface area contributed by atoms with E-state index in [1.807, 2.05) is 20.8 Å². The number of nitrogens with one attached hydrogen (secondary N) is 4. The van der Waals surface area contributed by atoms with Crippen molar-refractivity contribution in [1.29, 1.82) is 0 Å². The van der Waals surface area contributed by atoms with Gasteiger partial charge in [0, 0.05) is 35.1 Å². The van der Waals surface area contributed by atoms with E-state index in [1.165, 1.54) is 0 Å². The van der Waals surface area contributed by atoms with Crippen LogP contribution < -0.4 is 21.3 Å². The fraction of sp³-hybridized carbons (Fsp3) is 0.286. The average Bonchev–Trinajstić information content (AvgIpc) is 2.65. The van der Waals surface area contributed by atoms with Crippen molar-refractivity contribution in [2.24, 2.45) is 0 Å². The summed E-state index contributed by atoms with van der Waals surface area (Å²) in [7, 11) is 1.56. The summed E-state index contributed by atoms with van der Waals surface area (Å²) in [4.78, 5) is 35.9. The van der Waals surface area contributed by atoms with Crippen LogP contribution in [0.1, 0.15) is 41.5 Å². The minimum absolute atomic E-state index is 0.0432. The summed E-state index contributed by atoms with van der Waals surface area (Å²) < 4.78 is 0. The molecule has 0 aliphatic carbocycles. The van der Waals surface area contributed by atoms with Crippen molar-refractivity contribution in [3.63, 3.8) is 0 Å². The van der Waals surface area contributed by atoms with Gasteiger partial charge in [-0.25, -0.2) is 0 Å². The first-order chi connectivity index (χ1) is 13.2.